The highest BCUT2D eigenvalue weighted by atomic mass is 79.9. The van der Waals surface area contributed by atoms with Crippen LogP contribution in [0.4, 0.5) is 4.39 Å². The van der Waals surface area contributed by atoms with Gasteiger partial charge in [-0.05, 0) is 78.2 Å². The third-order valence-corrected chi connectivity index (χ3v) is 5.16. The molecule has 0 atom stereocenters. The number of nitrogens with zero attached hydrogens (tertiary/aromatic N) is 1. The molecule has 2 heterocycles. The van der Waals surface area contributed by atoms with E-state index < -0.39 is 5.97 Å². The van der Waals surface area contributed by atoms with E-state index in [4.69, 9.17) is 9.15 Å². The van der Waals surface area contributed by atoms with Gasteiger partial charge in [0.05, 0.1) is 0 Å². The Labute approximate surface area is 182 Å². The monoisotopic (exact) mass is 473 g/mol. The molecule has 2 aromatic heterocycles. The third kappa shape index (κ3) is 5.57. The molecular formula is C23H21BrFNO4. The fourth-order valence-corrected chi connectivity index (χ4v) is 3.47. The number of Topliss-reactive ketones (excluding diaryl/α,β-unsaturated/α-hetero) is 1. The van der Waals surface area contributed by atoms with Crippen molar-refractivity contribution in [3.8, 4) is 0 Å². The van der Waals surface area contributed by atoms with Crippen molar-refractivity contribution in [3.63, 3.8) is 0 Å². The number of carbonyl (C=O) groups is 2. The Balaban J connectivity index is 1.58. The Bertz CT molecular complexity index is 1080. The summed E-state index contributed by atoms with van der Waals surface area (Å²) in [5.74, 6) is -0.657. The second-order valence-electron chi connectivity index (χ2n) is 6.82. The van der Waals surface area contributed by atoms with Crippen molar-refractivity contribution < 1.29 is 23.1 Å². The smallest absolute Gasteiger partial charge is 0.331 e. The molecule has 30 heavy (non-hydrogen) atoms. The SMILES string of the molecule is Cc1cc(C(=O)COC(=O)C=Cc2ccc(Br)o2)c(C)n1CCc1ccc(F)cc1. The molecule has 156 valence electrons. The van der Waals surface area contributed by atoms with E-state index in [-0.39, 0.29) is 18.2 Å². The highest BCUT2D eigenvalue weighted by Gasteiger charge is 2.17. The van der Waals surface area contributed by atoms with Gasteiger partial charge in [0.1, 0.15) is 11.6 Å². The van der Waals surface area contributed by atoms with Crippen molar-refractivity contribution in [2.75, 3.05) is 6.61 Å². The number of hydrogen-bond donors (Lipinski definition) is 0. The molecule has 1 aromatic carbocycles. The number of carbonyl (C=O) groups excluding carboxylic acids is 2. The molecule has 0 saturated carbocycles. The molecular weight excluding hydrogens is 453 g/mol. The average molecular weight is 474 g/mol. The summed E-state index contributed by atoms with van der Waals surface area (Å²) < 4.78 is 25.9. The van der Waals surface area contributed by atoms with Crippen LogP contribution in [-0.2, 0) is 22.5 Å². The normalized spacial score (nSPS) is 11.2. The Kier molecular flexibility index (Phi) is 7.05. The average Bonchev–Trinajstić information content (AvgIpc) is 3.26. The number of rotatable bonds is 8. The molecule has 3 aromatic rings. The van der Waals surface area contributed by atoms with Crippen molar-refractivity contribution >= 4 is 33.8 Å². The van der Waals surface area contributed by atoms with Crippen LogP contribution < -0.4 is 0 Å². The van der Waals surface area contributed by atoms with Crippen LogP contribution in [0.15, 0.2) is 57.6 Å². The zero-order chi connectivity index (χ0) is 21.7. The first-order valence-corrected chi connectivity index (χ1v) is 10.2. The van der Waals surface area contributed by atoms with Gasteiger partial charge >= 0.3 is 5.97 Å². The van der Waals surface area contributed by atoms with Crippen molar-refractivity contribution in [1.82, 2.24) is 4.57 Å². The Morgan fingerprint density at radius 1 is 1.17 bits per heavy atom. The van der Waals surface area contributed by atoms with Crippen LogP contribution in [0.3, 0.4) is 0 Å². The van der Waals surface area contributed by atoms with E-state index >= 15 is 0 Å². The van der Waals surface area contributed by atoms with Crippen molar-refractivity contribution in [2.45, 2.75) is 26.8 Å². The Morgan fingerprint density at radius 2 is 1.90 bits per heavy atom. The van der Waals surface area contributed by atoms with Gasteiger partial charge in [-0.3, -0.25) is 4.79 Å². The lowest BCUT2D eigenvalue weighted by atomic mass is 10.1. The molecule has 0 aliphatic carbocycles. The van der Waals surface area contributed by atoms with Gasteiger partial charge in [0.2, 0.25) is 5.78 Å². The predicted octanol–water partition coefficient (Wildman–Crippen LogP) is 5.28. The summed E-state index contributed by atoms with van der Waals surface area (Å²) in [6, 6.07) is 11.6. The molecule has 5 nitrogen and oxygen atoms in total. The molecule has 0 fully saturated rings. The minimum absolute atomic E-state index is 0.263. The molecule has 0 unspecified atom stereocenters. The predicted molar refractivity (Wildman–Crippen MR) is 115 cm³/mol. The molecule has 0 bridgehead atoms. The molecule has 0 N–H and O–H groups in total. The number of furan rings is 1. The number of aromatic nitrogens is 1. The van der Waals surface area contributed by atoms with E-state index in [1.54, 1.807) is 30.3 Å². The van der Waals surface area contributed by atoms with E-state index in [9.17, 15) is 14.0 Å². The van der Waals surface area contributed by atoms with Gasteiger partial charge in [-0.1, -0.05) is 12.1 Å². The number of esters is 1. The zero-order valence-electron chi connectivity index (χ0n) is 16.7. The maximum absolute atomic E-state index is 13.0. The van der Waals surface area contributed by atoms with E-state index in [0.717, 1.165) is 17.0 Å². The minimum atomic E-state index is -0.624. The van der Waals surface area contributed by atoms with E-state index in [1.165, 1.54) is 24.3 Å². The van der Waals surface area contributed by atoms with Crippen molar-refractivity contribution in [2.24, 2.45) is 0 Å². The van der Waals surface area contributed by atoms with Gasteiger partial charge in [-0.15, -0.1) is 0 Å². The lowest BCUT2D eigenvalue weighted by Crippen LogP contribution is -2.14. The summed E-state index contributed by atoms with van der Waals surface area (Å²) in [6.45, 7) is 4.11. The standard InChI is InChI=1S/C23H21BrFNO4/c1-15-13-20(16(2)26(15)12-11-17-3-5-18(25)6-4-17)21(27)14-29-23(28)10-8-19-7-9-22(24)30-19/h3-10,13H,11-12,14H2,1-2H3. The number of aryl methyl sites for hydroxylation is 2. The van der Waals surface area contributed by atoms with Gasteiger partial charge in [-0.2, -0.15) is 0 Å². The first kappa shape index (κ1) is 21.8. The summed E-state index contributed by atoms with van der Waals surface area (Å²) in [6.07, 6.45) is 3.40. The summed E-state index contributed by atoms with van der Waals surface area (Å²) in [4.78, 5) is 24.4. The Hall–Kier alpha value is -2.93. The first-order chi connectivity index (χ1) is 14.3. The molecule has 0 saturated heterocycles. The molecule has 0 aliphatic rings. The number of hydrogen-bond acceptors (Lipinski definition) is 4. The van der Waals surface area contributed by atoms with Crippen molar-refractivity contribution in [3.05, 3.63) is 87.3 Å². The van der Waals surface area contributed by atoms with Gasteiger partial charge in [0.15, 0.2) is 11.3 Å². The number of ether oxygens (including phenoxy) is 1. The molecule has 0 amide bonds. The quantitative estimate of drug-likeness (QED) is 0.253. The van der Waals surface area contributed by atoms with Gasteiger partial charge in [-0.25, -0.2) is 9.18 Å². The largest absolute Gasteiger partial charge is 0.454 e. The van der Waals surface area contributed by atoms with Crippen LogP contribution >= 0.6 is 15.9 Å². The zero-order valence-corrected chi connectivity index (χ0v) is 18.2. The van der Waals surface area contributed by atoms with E-state index in [0.29, 0.717) is 29.0 Å². The summed E-state index contributed by atoms with van der Waals surface area (Å²) in [5, 5.41) is 0. The van der Waals surface area contributed by atoms with Crippen LogP contribution in [0.5, 0.6) is 0 Å². The van der Waals surface area contributed by atoms with Crippen LogP contribution in [-0.4, -0.2) is 22.9 Å². The van der Waals surface area contributed by atoms with Crippen LogP contribution in [0.1, 0.15) is 33.1 Å². The topological polar surface area (TPSA) is 61.4 Å². The lowest BCUT2D eigenvalue weighted by molar-refractivity contribution is -0.136. The van der Waals surface area contributed by atoms with Crippen LogP contribution in [0.2, 0.25) is 0 Å². The lowest BCUT2D eigenvalue weighted by Gasteiger charge is -2.10. The first-order valence-electron chi connectivity index (χ1n) is 9.38. The highest BCUT2D eigenvalue weighted by molar-refractivity contribution is 9.10. The number of benzene rings is 1. The fourth-order valence-electron chi connectivity index (χ4n) is 3.15. The second-order valence-corrected chi connectivity index (χ2v) is 7.60. The third-order valence-electron chi connectivity index (χ3n) is 4.73. The number of ketones is 1. The van der Waals surface area contributed by atoms with Gasteiger partial charge in [0, 0.05) is 29.6 Å². The van der Waals surface area contributed by atoms with Crippen LogP contribution in [0.25, 0.3) is 6.08 Å². The van der Waals surface area contributed by atoms with Gasteiger partial charge in [0.25, 0.3) is 0 Å². The van der Waals surface area contributed by atoms with Crippen molar-refractivity contribution in [1.29, 1.82) is 0 Å². The fraction of sp³-hybridized carbons (Fsp3) is 0.217. The molecule has 7 heteroatoms. The summed E-state index contributed by atoms with van der Waals surface area (Å²) in [5.41, 5.74) is 3.29. The maximum atomic E-state index is 13.0. The van der Waals surface area contributed by atoms with Crippen LogP contribution in [0, 0.1) is 19.7 Å². The Morgan fingerprint density at radius 3 is 2.57 bits per heavy atom. The highest BCUT2D eigenvalue weighted by Crippen LogP contribution is 2.18. The summed E-state index contributed by atoms with van der Waals surface area (Å²) in [7, 11) is 0. The molecule has 0 radical (unpaired) electrons. The maximum Gasteiger partial charge on any atom is 0.331 e. The minimum Gasteiger partial charge on any atom is -0.454 e. The summed E-state index contributed by atoms with van der Waals surface area (Å²) >= 11 is 3.18. The molecule has 0 spiro atoms. The second kappa shape index (κ2) is 9.71. The molecule has 0 aliphatic heterocycles. The van der Waals surface area contributed by atoms with E-state index in [2.05, 4.69) is 15.9 Å². The molecule has 3 rings (SSSR count). The van der Waals surface area contributed by atoms with Gasteiger partial charge < -0.3 is 13.7 Å². The van der Waals surface area contributed by atoms with E-state index in [1.807, 2.05) is 18.4 Å². The number of halogens is 2.